The maximum atomic E-state index is 4.82. The van der Waals surface area contributed by atoms with Gasteiger partial charge in [0.25, 0.3) is 0 Å². The summed E-state index contributed by atoms with van der Waals surface area (Å²) in [7, 11) is 0. The summed E-state index contributed by atoms with van der Waals surface area (Å²) in [6.45, 7) is 4.65. The number of hydrogen-bond acceptors (Lipinski definition) is 4. The third-order valence-corrected chi connectivity index (χ3v) is 5.64. The predicted molar refractivity (Wildman–Crippen MR) is 87.3 cm³/mol. The van der Waals surface area contributed by atoms with Gasteiger partial charge in [-0.25, -0.2) is 4.98 Å². The van der Waals surface area contributed by atoms with Crippen molar-refractivity contribution in [2.75, 3.05) is 19.6 Å². The first kappa shape index (κ1) is 13.4. The number of benzene rings is 1. The smallest absolute Gasteiger partial charge is 0.123 e. The van der Waals surface area contributed by atoms with Gasteiger partial charge in [-0.2, -0.15) is 0 Å². The van der Waals surface area contributed by atoms with Crippen LogP contribution in [0.2, 0.25) is 0 Å². The monoisotopic (exact) mass is 299 g/mol. The number of nitrogens with one attached hydrogen (secondary N) is 1. The number of fused-ring (bicyclic) bond motifs is 1. The van der Waals surface area contributed by atoms with E-state index in [-0.39, 0.29) is 0 Å². The first-order valence-electron chi connectivity index (χ1n) is 7.84. The van der Waals surface area contributed by atoms with Crippen molar-refractivity contribution in [1.29, 1.82) is 0 Å². The van der Waals surface area contributed by atoms with Crippen molar-refractivity contribution in [2.24, 2.45) is 5.92 Å². The van der Waals surface area contributed by atoms with Crippen molar-refractivity contribution >= 4 is 11.3 Å². The highest BCUT2D eigenvalue weighted by atomic mass is 32.1. The van der Waals surface area contributed by atoms with E-state index in [9.17, 15) is 0 Å². The van der Waals surface area contributed by atoms with Crippen LogP contribution in [0.1, 0.15) is 18.5 Å². The summed E-state index contributed by atoms with van der Waals surface area (Å²) >= 11 is 1.76. The maximum absolute atomic E-state index is 4.82. The lowest BCUT2D eigenvalue weighted by atomic mass is 9.93. The number of likely N-dealkylation sites (tertiary alicyclic amines) is 1. The van der Waals surface area contributed by atoms with Crippen LogP contribution < -0.4 is 5.32 Å². The largest absolute Gasteiger partial charge is 0.314 e. The van der Waals surface area contributed by atoms with Crippen molar-refractivity contribution in [1.82, 2.24) is 15.2 Å². The Bertz CT molecular complexity index is 595. The molecule has 4 rings (SSSR count). The van der Waals surface area contributed by atoms with Crippen molar-refractivity contribution in [3.8, 4) is 10.6 Å². The zero-order valence-corrected chi connectivity index (χ0v) is 13.0. The molecule has 0 saturated carbocycles. The van der Waals surface area contributed by atoms with Crippen molar-refractivity contribution in [2.45, 2.75) is 25.4 Å². The van der Waals surface area contributed by atoms with Gasteiger partial charge < -0.3 is 5.32 Å². The van der Waals surface area contributed by atoms with E-state index in [4.69, 9.17) is 4.98 Å². The summed E-state index contributed by atoms with van der Waals surface area (Å²) in [4.78, 5) is 7.40. The van der Waals surface area contributed by atoms with Gasteiger partial charge in [-0.1, -0.05) is 30.3 Å². The van der Waals surface area contributed by atoms with Gasteiger partial charge >= 0.3 is 0 Å². The molecule has 4 heteroatoms. The van der Waals surface area contributed by atoms with E-state index < -0.39 is 0 Å². The molecule has 3 heterocycles. The van der Waals surface area contributed by atoms with Crippen LogP contribution in [0.4, 0.5) is 0 Å². The highest BCUT2D eigenvalue weighted by Crippen LogP contribution is 2.27. The summed E-state index contributed by atoms with van der Waals surface area (Å²) in [5, 5.41) is 6.99. The van der Waals surface area contributed by atoms with E-state index in [1.165, 1.54) is 43.7 Å². The fraction of sp³-hybridized carbons (Fsp3) is 0.471. The quantitative estimate of drug-likeness (QED) is 0.944. The fourth-order valence-corrected chi connectivity index (χ4v) is 4.41. The third-order valence-electron chi connectivity index (χ3n) is 4.70. The van der Waals surface area contributed by atoms with Crippen LogP contribution in [0.5, 0.6) is 0 Å². The minimum atomic E-state index is 0.775. The van der Waals surface area contributed by atoms with Gasteiger partial charge in [0.2, 0.25) is 0 Å². The average molecular weight is 299 g/mol. The lowest BCUT2D eigenvalue weighted by Gasteiger charge is -2.34. The van der Waals surface area contributed by atoms with Crippen molar-refractivity contribution < 1.29 is 0 Å². The Kier molecular flexibility index (Phi) is 3.76. The predicted octanol–water partition coefficient (Wildman–Crippen LogP) is 2.99. The molecule has 0 radical (unpaired) electrons. The number of thiazole rings is 1. The lowest BCUT2D eigenvalue weighted by Crippen LogP contribution is -2.43. The normalized spacial score (nSPS) is 25.9. The molecule has 1 N–H and O–H groups in total. The number of piperidine rings is 1. The van der Waals surface area contributed by atoms with E-state index >= 15 is 0 Å². The maximum Gasteiger partial charge on any atom is 0.123 e. The molecule has 3 nitrogen and oxygen atoms in total. The Balaban J connectivity index is 1.42. The van der Waals surface area contributed by atoms with E-state index in [1.807, 2.05) is 0 Å². The molecule has 0 aliphatic carbocycles. The number of aromatic nitrogens is 1. The van der Waals surface area contributed by atoms with Gasteiger partial charge in [0.05, 0.1) is 5.69 Å². The Labute approximate surface area is 130 Å². The summed E-state index contributed by atoms with van der Waals surface area (Å²) < 4.78 is 0. The van der Waals surface area contributed by atoms with E-state index in [1.54, 1.807) is 11.3 Å². The summed E-state index contributed by atoms with van der Waals surface area (Å²) in [6, 6.07) is 11.3. The van der Waals surface area contributed by atoms with Crippen molar-refractivity contribution in [3.63, 3.8) is 0 Å². The minimum Gasteiger partial charge on any atom is -0.314 e. The third kappa shape index (κ3) is 2.89. The molecule has 2 saturated heterocycles. The molecule has 2 aliphatic heterocycles. The number of hydrogen-bond donors (Lipinski definition) is 1. The molecule has 0 amide bonds. The Morgan fingerprint density at radius 3 is 3.05 bits per heavy atom. The van der Waals surface area contributed by atoms with Gasteiger partial charge in [0, 0.05) is 36.6 Å². The molecule has 2 unspecified atom stereocenters. The van der Waals surface area contributed by atoms with E-state index in [0.717, 1.165) is 23.5 Å². The number of rotatable bonds is 3. The van der Waals surface area contributed by atoms with Crippen LogP contribution in [0, 0.1) is 5.92 Å². The molecule has 2 fully saturated rings. The highest BCUT2D eigenvalue weighted by Gasteiger charge is 2.32. The molecule has 2 aromatic rings. The molecule has 21 heavy (non-hydrogen) atoms. The lowest BCUT2D eigenvalue weighted by molar-refractivity contribution is 0.154. The van der Waals surface area contributed by atoms with Crippen LogP contribution in [0.3, 0.4) is 0 Å². The molecule has 110 valence electrons. The molecular formula is C17H21N3S. The Morgan fingerprint density at radius 2 is 2.14 bits per heavy atom. The topological polar surface area (TPSA) is 28.2 Å². The second-order valence-corrected chi connectivity index (χ2v) is 7.00. The molecule has 1 aromatic carbocycles. The van der Waals surface area contributed by atoms with Gasteiger partial charge in [0.15, 0.2) is 0 Å². The average Bonchev–Trinajstić information content (AvgIpc) is 3.17. The van der Waals surface area contributed by atoms with Crippen LogP contribution in [-0.4, -0.2) is 35.6 Å². The molecule has 2 atom stereocenters. The second kappa shape index (κ2) is 5.87. The van der Waals surface area contributed by atoms with E-state index in [0.29, 0.717) is 0 Å². The SMILES string of the molecule is c1ccc(-c2nc(CN3CCC4NCCC4C3)cs2)cc1. The molecular weight excluding hydrogens is 278 g/mol. The second-order valence-electron chi connectivity index (χ2n) is 6.14. The van der Waals surface area contributed by atoms with Gasteiger partial charge in [-0.3, -0.25) is 4.90 Å². The van der Waals surface area contributed by atoms with Crippen LogP contribution in [0.15, 0.2) is 35.7 Å². The van der Waals surface area contributed by atoms with Crippen molar-refractivity contribution in [3.05, 3.63) is 41.4 Å². The highest BCUT2D eigenvalue weighted by molar-refractivity contribution is 7.13. The zero-order chi connectivity index (χ0) is 14.1. The summed E-state index contributed by atoms with van der Waals surface area (Å²) in [6.07, 6.45) is 2.63. The van der Waals surface area contributed by atoms with E-state index in [2.05, 4.69) is 45.9 Å². The zero-order valence-electron chi connectivity index (χ0n) is 12.2. The molecule has 0 bridgehead atoms. The fourth-order valence-electron chi connectivity index (χ4n) is 3.59. The van der Waals surface area contributed by atoms with Gasteiger partial charge in [-0.15, -0.1) is 11.3 Å². The first-order chi connectivity index (χ1) is 10.4. The summed E-state index contributed by atoms with van der Waals surface area (Å²) in [5.41, 5.74) is 2.45. The van der Waals surface area contributed by atoms with Crippen LogP contribution in [-0.2, 0) is 6.54 Å². The van der Waals surface area contributed by atoms with Crippen LogP contribution in [0.25, 0.3) is 10.6 Å². The molecule has 0 spiro atoms. The summed E-state index contributed by atoms with van der Waals surface area (Å²) in [5.74, 6) is 0.853. The standard InChI is InChI=1S/C17H21N3S/c1-2-4-13(5-3-1)17-19-15(12-21-17)11-20-9-7-16-14(10-20)6-8-18-16/h1-5,12,14,16,18H,6-11H2. The minimum absolute atomic E-state index is 0.775. The van der Waals surface area contributed by atoms with Gasteiger partial charge in [-0.05, 0) is 25.3 Å². The van der Waals surface area contributed by atoms with Crippen LogP contribution >= 0.6 is 11.3 Å². The molecule has 1 aromatic heterocycles. The Hall–Kier alpha value is -1.23. The Morgan fingerprint density at radius 1 is 1.24 bits per heavy atom. The molecule has 2 aliphatic rings. The van der Waals surface area contributed by atoms with Gasteiger partial charge in [0.1, 0.15) is 5.01 Å². The number of nitrogens with zero attached hydrogens (tertiary/aromatic N) is 2. The first-order valence-corrected chi connectivity index (χ1v) is 8.72.